The van der Waals surface area contributed by atoms with Crippen LogP contribution in [-0.4, -0.2) is 31.7 Å². The quantitative estimate of drug-likeness (QED) is 0.737. The number of anilines is 1. The predicted molar refractivity (Wildman–Crippen MR) is 113 cm³/mol. The molecule has 1 fully saturated rings. The molecule has 8 heteroatoms. The lowest BCUT2D eigenvalue weighted by Gasteiger charge is -2.24. The third kappa shape index (κ3) is 3.73. The van der Waals surface area contributed by atoms with Crippen LogP contribution in [0.2, 0.25) is 5.15 Å². The molecular formula is C21H24ClN3O3S. The van der Waals surface area contributed by atoms with Gasteiger partial charge in [-0.15, -0.1) is 0 Å². The minimum Gasteiger partial charge on any atom is -0.334 e. The summed E-state index contributed by atoms with van der Waals surface area (Å²) < 4.78 is 23.8. The number of nitrogens with zero attached hydrogens (tertiary/aromatic N) is 2. The summed E-state index contributed by atoms with van der Waals surface area (Å²) in [6, 6.07) is 10.1. The highest BCUT2D eigenvalue weighted by atomic mass is 35.5. The number of fused-ring (bicyclic) bond motifs is 2. The molecule has 2 aromatic rings. The normalized spacial score (nSPS) is 17.5. The summed E-state index contributed by atoms with van der Waals surface area (Å²) in [5.41, 5.74) is 2.52. The molecule has 1 aromatic carbocycles. The molecule has 0 radical (unpaired) electrons. The summed E-state index contributed by atoms with van der Waals surface area (Å²) in [5.74, 6) is 0.0667. The van der Waals surface area contributed by atoms with Crippen LogP contribution in [0.25, 0.3) is 0 Å². The van der Waals surface area contributed by atoms with E-state index in [0.29, 0.717) is 23.1 Å². The fourth-order valence-electron chi connectivity index (χ4n) is 4.38. The molecule has 6 nitrogen and oxygen atoms in total. The summed E-state index contributed by atoms with van der Waals surface area (Å²) in [6.45, 7) is 2.57. The first kappa shape index (κ1) is 20.2. The number of sulfone groups is 1. The number of urea groups is 1. The van der Waals surface area contributed by atoms with Gasteiger partial charge in [0.15, 0.2) is 9.84 Å². The molecule has 0 unspecified atom stereocenters. The second-order valence-corrected chi connectivity index (χ2v) is 10.4. The molecule has 2 amide bonds. The van der Waals surface area contributed by atoms with E-state index in [1.165, 1.54) is 0 Å². The van der Waals surface area contributed by atoms with Crippen molar-refractivity contribution in [2.24, 2.45) is 0 Å². The highest BCUT2D eigenvalue weighted by Gasteiger charge is 2.47. The molecule has 1 aromatic heterocycles. The van der Waals surface area contributed by atoms with Gasteiger partial charge in [0, 0.05) is 18.5 Å². The molecular weight excluding hydrogens is 410 g/mol. The Kier molecular flexibility index (Phi) is 5.29. The van der Waals surface area contributed by atoms with E-state index in [4.69, 9.17) is 11.6 Å². The van der Waals surface area contributed by atoms with E-state index >= 15 is 0 Å². The molecule has 0 atom stereocenters. The first-order chi connectivity index (χ1) is 13.8. The summed E-state index contributed by atoms with van der Waals surface area (Å²) in [4.78, 5) is 19.6. The first-order valence-corrected chi connectivity index (χ1v) is 11.9. The fourth-order valence-corrected chi connectivity index (χ4v) is 5.41. The summed E-state index contributed by atoms with van der Waals surface area (Å²) in [7, 11) is -3.22. The van der Waals surface area contributed by atoms with Gasteiger partial charge in [-0.25, -0.2) is 18.2 Å². The lowest BCUT2D eigenvalue weighted by atomic mass is 9.84. The van der Waals surface area contributed by atoms with Gasteiger partial charge in [0.05, 0.1) is 22.0 Å². The van der Waals surface area contributed by atoms with E-state index in [1.807, 2.05) is 6.07 Å². The number of benzene rings is 1. The standard InChI is InChI=1S/C21H24ClN3O3S/c1-2-29(27,28)16-7-5-15(6-8-16)13-23-20(26)25-14-21(11-3-4-12-21)19-17(25)9-10-18(22)24-19/h5-10H,2-4,11-14H2,1H3,(H,23,26). The molecule has 1 aliphatic carbocycles. The van der Waals surface area contributed by atoms with Crippen molar-refractivity contribution in [3.63, 3.8) is 0 Å². The third-order valence-electron chi connectivity index (χ3n) is 6.01. The fraction of sp³-hybridized carbons (Fsp3) is 0.429. The second kappa shape index (κ2) is 7.61. The second-order valence-electron chi connectivity index (χ2n) is 7.78. The highest BCUT2D eigenvalue weighted by Crippen LogP contribution is 2.49. The van der Waals surface area contributed by atoms with Crippen LogP contribution >= 0.6 is 11.6 Å². The maximum atomic E-state index is 12.9. The SMILES string of the molecule is CCS(=O)(=O)c1ccc(CNC(=O)N2CC3(CCCC3)c3nc(Cl)ccc32)cc1. The van der Waals surface area contributed by atoms with Crippen LogP contribution in [0.5, 0.6) is 0 Å². The lowest BCUT2D eigenvalue weighted by Crippen LogP contribution is -2.41. The van der Waals surface area contributed by atoms with Gasteiger partial charge in [0.2, 0.25) is 0 Å². The number of carbonyl (C=O) groups is 1. The van der Waals surface area contributed by atoms with E-state index < -0.39 is 9.84 Å². The Morgan fingerprint density at radius 1 is 1.17 bits per heavy atom. The average molecular weight is 434 g/mol. The first-order valence-electron chi connectivity index (χ1n) is 9.89. The number of hydrogen-bond acceptors (Lipinski definition) is 4. The minimum absolute atomic E-state index is 0.0667. The average Bonchev–Trinajstić information content (AvgIpc) is 3.32. The number of rotatable bonds is 4. The molecule has 154 valence electrons. The Morgan fingerprint density at radius 2 is 1.86 bits per heavy atom. The number of halogens is 1. The molecule has 1 aliphatic heterocycles. The Bertz CT molecular complexity index is 1030. The summed E-state index contributed by atoms with van der Waals surface area (Å²) >= 11 is 6.14. The Morgan fingerprint density at radius 3 is 2.52 bits per heavy atom. The lowest BCUT2D eigenvalue weighted by molar-refractivity contribution is 0.245. The van der Waals surface area contributed by atoms with Crippen molar-refractivity contribution >= 4 is 33.2 Å². The van der Waals surface area contributed by atoms with E-state index in [2.05, 4.69) is 10.3 Å². The monoisotopic (exact) mass is 433 g/mol. The third-order valence-corrected chi connectivity index (χ3v) is 7.97. The Labute approximate surface area is 176 Å². The van der Waals surface area contributed by atoms with E-state index in [0.717, 1.165) is 42.6 Å². The number of amides is 2. The number of carbonyl (C=O) groups excluding carboxylic acids is 1. The number of hydrogen-bond donors (Lipinski definition) is 1. The van der Waals surface area contributed by atoms with Crippen LogP contribution in [0.3, 0.4) is 0 Å². The predicted octanol–water partition coefficient (Wildman–Crippen LogP) is 4.07. The minimum atomic E-state index is -3.22. The van der Waals surface area contributed by atoms with Gasteiger partial charge in [-0.05, 0) is 42.7 Å². The summed E-state index contributed by atoms with van der Waals surface area (Å²) in [5, 5.41) is 3.41. The molecule has 0 saturated heterocycles. The molecule has 1 saturated carbocycles. The van der Waals surface area contributed by atoms with Gasteiger partial charge in [-0.3, -0.25) is 4.90 Å². The zero-order valence-electron chi connectivity index (χ0n) is 16.3. The van der Waals surface area contributed by atoms with E-state index in [-0.39, 0.29) is 17.2 Å². The van der Waals surface area contributed by atoms with Crippen molar-refractivity contribution in [3.05, 3.63) is 52.8 Å². The van der Waals surface area contributed by atoms with Gasteiger partial charge >= 0.3 is 6.03 Å². The van der Waals surface area contributed by atoms with Gasteiger partial charge in [-0.1, -0.05) is 43.5 Å². The van der Waals surface area contributed by atoms with Crippen LogP contribution in [0.4, 0.5) is 10.5 Å². The van der Waals surface area contributed by atoms with Crippen molar-refractivity contribution in [2.75, 3.05) is 17.2 Å². The van der Waals surface area contributed by atoms with Crippen molar-refractivity contribution in [1.29, 1.82) is 0 Å². The Balaban J connectivity index is 1.48. The van der Waals surface area contributed by atoms with Crippen molar-refractivity contribution in [2.45, 2.75) is 49.5 Å². The number of nitrogens with one attached hydrogen (secondary N) is 1. The van der Waals surface area contributed by atoms with Crippen molar-refractivity contribution < 1.29 is 13.2 Å². The highest BCUT2D eigenvalue weighted by molar-refractivity contribution is 7.91. The molecule has 29 heavy (non-hydrogen) atoms. The topological polar surface area (TPSA) is 79.4 Å². The largest absolute Gasteiger partial charge is 0.334 e. The molecule has 0 bridgehead atoms. The maximum absolute atomic E-state index is 12.9. The smallest absolute Gasteiger partial charge is 0.322 e. The van der Waals surface area contributed by atoms with Gasteiger partial charge in [0.1, 0.15) is 5.15 Å². The molecule has 4 rings (SSSR count). The van der Waals surface area contributed by atoms with Crippen LogP contribution in [0.15, 0.2) is 41.3 Å². The molecule has 1 N–H and O–H groups in total. The molecule has 1 spiro atoms. The van der Waals surface area contributed by atoms with Crippen molar-refractivity contribution in [1.82, 2.24) is 10.3 Å². The maximum Gasteiger partial charge on any atom is 0.322 e. The zero-order chi connectivity index (χ0) is 20.6. The zero-order valence-corrected chi connectivity index (χ0v) is 17.9. The van der Waals surface area contributed by atoms with Crippen molar-refractivity contribution in [3.8, 4) is 0 Å². The van der Waals surface area contributed by atoms with Crippen LogP contribution in [-0.2, 0) is 21.8 Å². The van der Waals surface area contributed by atoms with Gasteiger partial charge < -0.3 is 5.32 Å². The molecule has 2 aliphatic rings. The number of pyridine rings is 1. The van der Waals surface area contributed by atoms with Crippen LogP contribution in [0, 0.1) is 0 Å². The molecule has 2 heterocycles. The van der Waals surface area contributed by atoms with Gasteiger partial charge in [0.25, 0.3) is 0 Å². The van der Waals surface area contributed by atoms with E-state index in [1.54, 1.807) is 42.2 Å². The van der Waals surface area contributed by atoms with Crippen LogP contribution < -0.4 is 10.2 Å². The summed E-state index contributed by atoms with van der Waals surface area (Å²) in [6.07, 6.45) is 4.31. The Hall–Kier alpha value is -2.12. The number of aromatic nitrogens is 1. The van der Waals surface area contributed by atoms with E-state index in [9.17, 15) is 13.2 Å². The van der Waals surface area contributed by atoms with Crippen LogP contribution in [0.1, 0.15) is 43.9 Å². The van der Waals surface area contributed by atoms with Gasteiger partial charge in [-0.2, -0.15) is 0 Å².